The first-order valence-electron chi connectivity index (χ1n) is 5.03. The lowest BCUT2D eigenvalue weighted by Crippen LogP contribution is -2.11. The van der Waals surface area contributed by atoms with E-state index in [0.717, 1.165) is 11.8 Å². The van der Waals surface area contributed by atoms with Gasteiger partial charge < -0.3 is 16.2 Å². The summed E-state index contributed by atoms with van der Waals surface area (Å²) in [6.07, 6.45) is 1.14. The summed E-state index contributed by atoms with van der Waals surface area (Å²) in [6, 6.07) is 6.66. The molecule has 17 heavy (non-hydrogen) atoms. The third-order valence-corrected chi connectivity index (χ3v) is 2.11. The lowest BCUT2D eigenvalue weighted by molar-refractivity contribution is -0.131. The summed E-state index contributed by atoms with van der Waals surface area (Å²) in [7, 11) is 0. The number of primary amides is 1. The van der Waals surface area contributed by atoms with E-state index in [2.05, 4.69) is 5.32 Å². The average molecular weight is 234 g/mol. The standard InChI is InChI=1S/C12H14N2O3/c1-8(6-11(15)16)7-14-10-4-2-9(3-5-10)12(13)17/h2-6,14H,7H2,1H3,(H2,13,17)(H,15,16)/b8-6-. The Bertz CT molecular complexity index is 449. The quantitative estimate of drug-likeness (QED) is 0.668. The van der Waals surface area contributed by atoms with Crippen molar-refractivity contribution in [2.24, 2.45) is 5.73 Å². The number of nitrogens with one attached hydrogen (secondary N) is 1. The third-order valence-electron chi connectivity index (χ3n) is 2.11. The fraction of sp³-hybridized carbons (Fsp3) is 0.167. The second-order valence-electron chi connectivity index (χ2n) is 3.62. The van der Waals surface area contributed by atoms with Crippen LogP contribution < -0.4 is 11.1 Å². The highest BCUT2D eigenvalue weighted by atomic mass is 16.4. The van der Waals surface area contributed by atoms with Crippen LogP contribution in [0, 0.1) is 0 Å². The summed E-state index contributed by atoms with van der Waals surface area (Å²) in [5, 5.41) is 11.6. The van der Waals surface area contributed by atoms with Crippen LogP contribution in [-0.4, -0.2) is 23.5 Å². The van der Waals surface area contributed by atoms with Gasteiger partial charge in [0.05, 0.1) is 0 Å². The molecule has 0 aliphatic carbocycles. The molecule has 0 spiro atoms. The molecule has 0 aromatic heterocycles. The van der Waals surface area contributed by atoms with Gasteiger partial charge in [0.25, 0.3) is 0 Å². The SMILES string of the molecule is C/C(=C/C(=O)O)CNc1ccc(C(N)=O)cc1. The normalized spacial score (nSPS) is 11.0. The van der Waals surface area contributed by atoms with Gasteiger partial charge in [-0.2, -0.15) is 0 Å². The van der Waals surface area contributed by atoms with Crippen molar-refractivity contribution >= 4 is 17.6 Å². The molecule has 0 atom stereocenters. The Morgan fingerprint density at radius 1 is 1.35 bits per heavy atom. The number of hydrogen-bond acceptors (Lipinski definition) is 3. The van der Waals surface area contributed by atoms with Gasteiger partial charge in [0, 0.05) is 23.9 Å². The maximum absolute atomic E-state index is 10.8. The van der Waals surface area contributed by atoms with E-state index >= 15 is 0 Å². The summed E-state index contributed by atoms with van der Waals surface area (Å²) >= 11 is 0. The summed E-state index contributed by atoms with van der Waals surface area (Å²) in [5.74, 6) is -1.44. The van der Waals surface area contributed by atoms with Crippen molar-refractivity contribution in [3.63, 3.8) is 0 Å². The van der Waals surface area contributed by atoms with Gasteiger partial charge in [0.2, 0.25) is 5.91 Å². The molecule has 1 rings (SSSR count). The van der Waals surface area contributed by atoms with Crippen LogP contribution >= 0.6 is 0 Å². The number of carbonyl (C=O) groups is 2. The van der Waals surface area contributed by atoms with Crippen LogP contribution in [0.2, 0.25) is 0 Å². The number of anilines is 1. The molecule has 1 aromatic carbocycles. The zero-order chi connectivity index (χ0) is 12.8. The smallest absolute Gasteiger partial charge is 0.328 e. The first kappa shape index (κ1) is 12.8. The van der Waals surface area contributed by atoms with E-state index in [1.165, 1.54) is 0 Å². The van der Waals surface area contributed by atoms with Crippen molar-refractivity contribution in [1.29, 1.82) is 0 Å². The highest BCUT2D eigenvalue weighted by Gasteiger charge is 1.99. The molecule has 90 valence electrons. The van der Waals surface area contributed by atoms with Crippen molar-refractivity contribution in [2.45, 2.75) is 6.92 Å². The maximum Gasteiger partial charge on any atom is 0.328 e. The van der Waals surface area contributed by atoms with Crippen LogP contribution in [0.5, 0.6) is 0 Å². The second-order valence-corrected chi connectivity index (χ2v) is 3.62. The Hall–Kier alpha value is -2.30. The molecule has 5 nitrogen and oxygen atoms in total. The van der Waals surface area contributed by atoms with Crippen molar-refractivity contribution < 1.29 is 14.7 Å². The molecule has 0 saturated heterocycles. The van der Waals surface area contributed by atoms with E-state index < -0.39 is 11.9 Å². The Balaban J connectivity index is 2.58. The molecule has 4 N–H and O–H groups in total. The molecule has 1 amide bonds. The molecule has 0 aliphatic rings. The monoisotopic (exact) mass is 234 g/mol. The van der Waals surface area contributed by atoms with E-state index in [-0.39, 0.29) is 0 Å². The van der Waals surface area contributed by atoms with E-state index in [1.54, 1.807) is 31.2 Å². The fourth-order valence-electron chi connectivity index (χ4n) is 1.26. The molecule has 5 heteroatoms. The van der Waals surface area contributed by atoms with Gasteiger partial charge in [0.1, 0.15) is 0 Å². The number of benzene rings is 1. The molecular weight excluding hydrogens is 220 g/mol. The highest BCUT2D eigenvalue weighted by molar-refractivity contribution is 5.93. The van der Waals surface area contributed by atoms with Crippen LogP contribution in [0.25, 0.3) is 0 Å². The van der Waals surface area contributed by atoms with E-state index in [0.29, 0.717) is 17.7 Å². The Morgan fingerprint density at radius 3 is 2.41 bits per heavy atom. The van der Waals surface area contributed by atoms with E-state index in [9.17, 15) is 9.59 Å². The predicted octanol–water partition coefficient (Wildman–Crippen LogP) is 1.23. The lowest BCUT2D eigenvalue weighted by Gasteiger charge is -2.06. The first-order valence-corrected chi connectivity index (χ1v) is 5.03. The van der Waals surface area contributed by atoms with Gasteiger partial charge in [-0.15, -0.1) is 0 Å². The number of carbonyl (C=O) groups excluding carboxylic acids is 1. The van der Waals surface area contributed by atoms with Crippen LogP contribution in [0.1, 0.15) is 17.3 Å². The number of amides is 1. The number of carboxylic acid groups (broad SMARTS) is 1. The van der Waals surface area contributed by atoms with Crippen LogP contribution in [0.15, 0.2) is 35.9 Å². The van der Waals surface area contributed by atoms with Gasteiger partial charge in [0.15, 0.2) is 0 Å². The fourth-order valence-corrected chi connectivity index (χ4v) is 1.26. The molecule has 0 aliphatic heterocycles. The molecule has 0 unspecified atom stereocenters. The number of nitrogens with two attached hydrogens (primary N) is 1. The topological polar surface area (TPSA) is 92.4 Å². The van der Waals surface area contributed by atoms with Gasteiger partial charge in [-0.25, -0.2) is 4.79 Å². The largest absolute Gasteiger partial charge is 0.478 e. The summed E-state index contributed by atoms with van der Waals surface area (Å²) in [5.41, 5.74) is 7.05. The van der Waals surface area contributed by atoms with Crippen molar-refractivity contribution in [3.05, 3.63) is 41.5 Å². The van der Waals surface area contributed by atoms with Crippen molar-refractivity contribution in [2.75, 3.05) is 11.9 Å². The molecule has 1 aromatic rings. The van der Waals surface area contributed by atoms with Crippen LogP contribution in [0.4, 0.5) is 5.69 Å². The predicted molar refractivity (Wildman–Crippen MR) is 64.8 cm³/mol. The average Bonchev–Trinajstić information content (AvgIpc) is 2.26. The highest BCUT2D eigenvalue weighted by Crippen LogP contribution is 2.09. The minimum Gasteiger partial charge on any atom is -0.478 e. The Morgan fingerprint density at radius 2 is 1.94 bits per heavy atom. The van der Waals surface area contributed by atoms with E-state index in [1.807, 2.05) is 0 Å². The Kier molecular flexibility index (Phi) is 4.28. The van der Waals surface area contributed by atoms with Gasteiger partial charge in [-0.3, -0.25) is 4.79 Å². The van der Waals surface area contributed by atoms with Gasteiger partial charge >= 0.3 is 5.97 Å². The zero-order valence-electron chi connectivity index (χ0n) is 9.43. The maximum atomic E-state index is 10.8. The molecule has 0 heterocycles. The first-order chi connectivity index (χ1) is 7.99. The number of hydrogen-bond donors (Lipinski definition) is 3. The molecule has 0 fully saturated rings. The van der Waals surface area contributed by atoms with Gasteiger partial charge in [-0.05, 0) is 36.8 Å². The number of rotatable bonds is 5. The van der Waals surface area contributed by atoms with Crippen molar-refractivity contribution in [3.8, 4) is 0 Å². The summed E-state index contributed by atoms with van der Waals surface area (Å²) in [6.45, 7) is 2.15. The Labute approximate surface area is 98.9 Å². The molecule has 0 saturated carbocycles. The number of aliphatic carboxylic acids is 1. The van der Waals surface area contributed by atoms with Crippen molar-refractivity contribution in [1.82, 2.24) is 0 Å². The zero-order valence-corrected chi connectivity index (χ0v) is 9.43. The minimum atomic E-state index is -0.964. The molecule has 0 bridgehead atoms. The minimum absolute atomic E-state index is 0.433. The summed E-state index contributed by atoms with van der Waals surface area (Å²) < 4.78 is 0. The van der Waals surface area contributed by atoms with E-state index in [4.69, 9.17) is 10.8 Å². The number of carboxylic acids is 1. The molecule has 0 radical (unpaired) electrons. The van der Waals surface area contributed by atoms with Crippen LogP contribution in [-0.2, 0) is 4.79 Å². The summed E-state index contributed by atoms with van der Waals surface area (Å²) in [4.78, 5) is 21.2. The lowest BCUT2D eigenvalue weighted by atomic mass is 10.2. The second kappa shape index (κ2) is 5.69. The third kappa shape index (κ3) is 4.38. The van der Waals surface area contributed by atoms with Crippen LogP contribution in [0.3, 0.4) is 0 Å². The molecular formula is C12H14N2O3. The van der Waals surface area contributed by atoms with Gasteiger partial charge in [-0.1, -0.05) is 0 Å².